The van der Waals surface area contributed by atoms with Gasteiger partial charge in [0.05, 0.1) is 22.0 Å². The number of benzene rings is 1. The Balaban J connectivity index is 2.07. The lowest BCUT2D eigenvalue weighted by molar-refractivity contribution is 0.466. The highest BCUT2D eigenvalue weighted by Crippen LogP contribution is 2.20. The Morgan fingerprint density at radius 2 is 2.00 bits per heavy atom. The number of fused-ring (bicyclic) bond motifs is 1. The molecule has 0 fully saturated rings. The molecule has 0 spiro atoms. The number of aromatic amines is 2. The Kier molecular flexibility index (Phi) is 4.09. The maximum atomic E-state index is 12.8. The van der Waals surface area contributed by atoms with Crippen LogP contribution in [0.2, 0.25) is 0 Å². The van der Waals surface area contributed by atoms with E-state index in [-0.39, 0.29) is 16.8 Å². The molecule has 2 aromatic heterocycles. The predicted octanol–water partition coefficient (Wildman–Crippen LogP) is 0.0790. The molecule has 25 heavy (non-hydrogen) atoms. The van der Waals surface area contributed by atoms with Crippen LogP contribution in [0, 0.1) is 6.92 Å². The third-order valence-electron chi connectivity index (χ3n) is 4.11. The van der Waals surface area contributed by atoms with Crippen LogP contribution >= 0.6 is 0 Å². The molecule has 3 aromatic rings. The van der Waals surface area contributed by atoms with Gasteiger partial charge in [0, 0.05) is 31.9 Å². The Hall–Kier alpha value is -2.72. The van der Waals surface area contributed by atoms with Gasteiger partial charge in [0.2, 0.25) is 10.0 Å². The summed E-state index contributed by atoms with van der Waals surface area (Å²) in [5.41, 5.74) is 0.726. The van der Waals surface area contributed by atoms with Crippen LogP contribution in [0.4, 0.5) is 0 Å². The second-order valence-electron chi connectivity index (χ2n) is 5.78. The molecule has 2 N–H and O–H groups in total. The maximum Gasteiger partial charge on any atom is 0.328 e. The molecule has 0 aliphatic carbocycles. The number of sulfonamides is 1. The van der Waals surface area contributed by atoms with Gasteiger partial charge in [-0.3, -0.25) is 14.5 Å². The van der Waals surface area contributed by atoms with E-state index in [1.54, 1.807) is 13.1 Å². The van der Waals surface area contributed by atoms with Crippen molar-refractivity contribution in [2.45, 2.75) is 18.4 Å². The average Bonchev–Trinajstić information content (AvgIpc) is 2.97. The Morgan fingerprint density at radius 1 is 1.28 bits per heavy atom. The largest absolute Gasteiger partial charge is 0.328 e. The first-order chi connectivity index (χ1) is 11.7. The van der Waals surface area contributed by atoms with E-state index in [2.05, 4.69) is 15.2 Å². The fourth-order valence-corrected chi connectivity index (χ4v) is 3.66. The zero-order valence-electron chi connectivity index (χ0n) is 13.9. The van der Waals surface area contributed by atoms with Gasteiger partial charge < -0.3 is 4.98 Å². The second-order valence-corrected chi connectivity index (χ2v) is 7.83. The number of H-pyrrole nitrogens is 2. The van der Waals surface area contributed by atoms with Crippen LogP contribution in [0.15, 0.2) is 38.9 Å². The summed E-state index contributed by atoms with van der Waals surface area (Å²) in [6.07, 6.45) is 1.57. The van der Waals surface area contributed by atoms with Crippen LogP contribution in [0.1, 0.15) is 11.3 Å². The van der Waals surface area contributed by atoms with Crippen molar-refractivity contribution in [2.24, 2.45) is 7.05 Å². The fourth-order valence-electron chi connectivity index (χ4n) is 2.48. The number of rotatable bonds is 4. The molecule has 9 nitrogen and oxygen atoms in total. The average molecular weight is 363 g/mol. The molecule has 2 heterocycles. The lowest BCUT2D eigenvalue weighted by Gasteiger charge is -2.17. The zero-order chi connectivity index (χ0) is 18.4. The number of hydrogen-bond acceptors (Lipinski definition) is 5. The van der Waals surface area contributed by atoms with Crippen LogP contribution in [0.3, 0.4) is 0 Å². The summed E-state index contributed by atoms with van der Waals surface area (Å²) in [4.78, 5) is 26.4. The number of nitrogens with zero attached hydrogens (tertiary/aromatic N) is 3. The molecule has 0 radical (unpaired) electrons. The van der Waals surface area contributed by atoms with Gasteiger partial charge in [0.25, 0.3) is 5.56 Å². The van der Waals surface area contributed by atoms with Crippen molar-refractivity contribution in [3.05, 3.63) is 56.5 Å². The second kappa shape index (κ2) is 5.97. The van der Waals surface area contributed by atoms with Gasteiger partial charge in [-0.05, 0) is 25.1 Å². The van der Waals surface area contributed by atoms with Crippen molar-refractivity contribution >= 4 is 20.9 Å². The molecule has 0 saturated heterocycles. The molecule has 3 rings (SSSR count). The monoisotopic (exact) mass is 363 g/mol. The molecule has 0 unspecified atom stereocenters. The topological polar surface area (TPSA) is 121 Å². The third-order valence-corrected chi connectivity index (χ3v) is 5.91. The normalized spacial score (nSPS) is 12.2. The van der Waals surface area contributed by atoms with Crippen molar-refractivity contribution in [3.63, 3.8) is 0 Å². The number of hydrogen-bond donors (Lipinski definition) is 2. The molecule has 10 heteroatoms. The maximum absolute atomic E-state index is 12.8. The van der Waals surface area contributed by atoms with E-state index in [1.165, 1.54) is 36.6 Å². The quantitative estimate of drug-likeness (QED) is 0.680. The molecule has 0 atom stereocenters. The van der Waals surface area contributed by atoms with Crippen molar-refractivity contribution in [1.29, 1.82) is 0 Å². The number of nitrogens with one attached hydrogen (secondary N) is 2. The molecule has 132 valence electrons. The van der Waals surface area contributed by atoms with Crippen LogP contribution in [-0.2, 0) is 23.6 Å². The molecule has 0 aliphatic heterocycles. The van der Waals surface area contributed by atoms with Gasteiger partial charge in [-0.15, -0.1) is 0 Å². The molecule has 0 saturated carbocycles. The number of aromatic nitrogens is 4. The van der Waals surface area contributed by atoms with Gasteiger partial charge >= 0.3 is 5.69 Å². The van der Waals surface area contributed by atoms with Crippen molar-refractivity contribution in [2.75, 3.05) is 7.05 Å². The van der Waals surface area contributed by atoms with Crippen molar-refractivity contribution in [3.8, 4) is 0 Å². The van der Waals surface area contributed by atoms with Gasteiger partial charge in [-0.1, -0.05) is 0 Å². The van der Waals surface area contributed by atoms with Crippen LogP contribution < -0.4 is 11.2 Å². The van der Waals surface area contributed by atoms with Gasteiger partial charge in [-0.2, -0.15) is 9.40 Å². The van der Waals surface area contributed by atoms with E-state index in [0.29, 0.717) is 5.52 Å². The van der Waals surface area contributed by atoms with Gasteiger partial charge in [0.15, 0.2) is 0 Å². The summed E-state index contributed by atoms with van der Waals surface area (Å²) >= 11 is 0. The van der Waals surface area contributed by atoms with Crippen molar-refractivity contribution < 1.29 is 8.42 Å². The summed E-state index contributed by atoms with van der Waals surface area (Å²) in [5, 5.41) is 6.77. The number of aryl methyl sites for hydroxylation is 1. The van der Waals surface area contributed by atoms with Crippen LogP contribution in [0.25, 0.3) is 10.9 Å². The van der Waals surface area contributed by atoms with E-state index in [9.17, 15) is 18.0 Å². The lowest BCUT2D eigenvalue weighted by atomic mass is 10.2. The van der Waals surface area contributed by atoms with E-state index in [4.69, 9.17) is 0 Å². The zero-order valence-corrected chi connectivity index (χ0v) is 14.7. The fraction of sp³-hybridized carbons (Fsp3) is 0.267. The predicted molar refractivity (Wildman–Crippen MR) is 91.8 cm³/mol. The first-order valence-electron chi connectivity index (χ1n) is 7.40. The van der Waals surface area contributed by atoms with E-state index in [1.807, 2.05) is 0 Å². The van der Waals surface area contributed by atoms with E-state index in [0.717, 1.165) is 15.8 Å². The summed E-state index contributed by atoms with van der Waals surface area (Å²) in [6, 6.07) is 4.06. The Labute approximate surface area is 143 Å². The highest BCUT2D eigenvalue weighted by atomic mass is 32.2. The standard InChI is InChI=1S/C15H17N5O4S/c1-9-10(7-16-18-9)8-19(2)25(23,24)11-4-5-13-12(6-11)14(21)20(3)15(22)17-13/h4-7H,8H2,1-3H3,(H,16,18)(H,17,22). The van der Waals surface area contributed by atoms with E-state index < -0.39 is 21.3 Å². The SMILES string of the molecule is Cc1[nH]ncc1CN(C)S(=O)(=O)c1ccc2[nH]c(=O)n(C)c(=O)c2c1. The lowest BCUT2D eigenvalue weighted by Crippen LogP contribution is -2.32. The summed E-state index contributed by atoms with van der Waals surface area (Å²) < 4.78 is 27.7. The Morgan fingerprint density at radius 3 is 2.64 bits per heavy atom. The van der Waals surface area contributed by atoms with Gasteiger partial charge in [0.1, 0.15) is 0 Å². The van der Waals surface area contributed by atoms with Crippen LogP contribution in [-0.4, -0.2) is 39.5 Å². The summed E-state index contributed by atoms with van der Waals surface area (Å²) in [7, 11) is -1.03. The Bertz CT molecular complexity index is 1170. The van der Waals surface area contributed by atoms with Crippen molar-refractivity contribution in [1.82, 2.24) is 24.1 Å². The first-order valence-corrected chi connectivity index (χ1v) is 8.84. The van der Waals surface area contributed by atoms with E-state index >= 15 is 0 Å². The molecule has 0 aliphatic rings. The van der Waals surface area contributed by atoms with Gasteiger partial charge in [-0.25, -0.2) is 13.2 Å². The first kappa shape index (κ1) is 17.1. The minimum absolute atomic E-state index is 0.0206. The minimum atomic E-state index is -3.81. The molecular weight excluding hydrogens is 346 g/mol. The third kappa shape index (κ3) is 2.89. The highest BCUT2D eigenvalue weighted by molar-refractivity contribution is 7.89. The smallest absolute Gasteiger partial charge is 0.307 e. The highest BCUT2D eigenvalue weighted by Gasteiger charge is 2.23. The van der Waals surface area contributed by atoms with Crippen LogP contribution in [0.5, 0.6) is 0 Å². The molecule has 1 aromatic carbocycles. The molecule has 0 amide bonds. The summed E-state index contributed by atoms with van der Waals surface area (Å²) in [5.74, 6) is 0. The minimum Gasteiger partial charge on any atom is -0.307 e. The molecular formula is C15H17N5O4S. The summed E-state index contributed by atoms with van der Waals surface area (Å²) in [6.45, 7) is 1.95. The molecule has 0 bridgehead atoms.